The second kappa shape index (κ2) is 7.77. The lowest BCUT2D eigenvalue weighted by atomic mass is 10.2. The summed E-state index contributed by atoms with van der Waals surface area (Å²) >= 11 is 12.1. The molecule has 0 saturated heterocycles. The van der Waals surface area contributed by atoms with Gasteiger partial charge < -0.3 is 14.0 Å². The Hall–Kier alpha value is -2.64. The first-order valence-corrected chi connectivity index (χ1v) is 8.58. The molecular weight excluding hydrogens is 418 g/mol. The molecule has 0 aliphatic rings. The average Bonchev–Trinajstić information content (AvgIpc) is 2.92. The van der Waals surface area contributed by atoms with Gasteiger partial charge in [0.25, 0.3) is 0 Å². The molecule has 0 aliphatic heterocycles. The van der Waals surface area contributed by atoms with Crippen LogP contribution in [0.15, 0.2) is 55.3 Å². The van der Waals surface area contributed by atoms with Crippen molar-refractivity contribution >= 4 is 40.1 Å². The lowest BCUT2D eigenvalue weighted by molar-refractivity contribution is -0.274. The maximum atomic E-state index is 12.6. The highest BCUT2D eigenvalue weighted by atomic mass is 35.5. The highest BCUT2D eigenvalue weighted by molar-refractivity contribution is 6.35. The molecule has 0 bridgehead atoms. The largest absolute Gasteiger partial charge is 0.573 e. The van der Waals surface area contributed by atoms with E-state index in [2.05, 4.69) is 11.3 Å². The van der Waals surface area contributed by atoms with E-state index < -0.39 is 18.1 Å². The predicted molar refractivity (Wildman–Crippen MR) is 100 cm³/mol. The maximum absolute atomic E-state index is 12.6. The quantitative estimate of drug-likeness (QED) is 0.369. The Bertz CT molecular complexity index is 1060. The number of hydrogen-bond donors (Lipinski definition) is 0. The van der Waals surface area contributed by atoms with Crippen molar-refractivity contribution in [2.75, 3.05) is 0 Å². The fourth-order valence-corrected chi connectivity index (χ4v) is 3.10. The van der Waals surface area contributed by atoms with Crippen molar-refractivity contribution in [1.82, 2.24) is 4.57 Å². The van der Waals surface area contributed by atoms with Crippen molar-refractivity contribution < 1.29 is 27.4 Å². The number of halogens is 5. The van der Waals surface area contributed by atoms with Crippen LogP contribution in [0, 0.1) is 0 Å². The van der Waals surface area contributed by atoms with Gasteiger partial charge in [0, 0.05) is 40.3 Å². The summed E-state index contributed by atoms with van der Waals surface area (Å²) in [5.74, 6) is -0.925. The highest BCUT2D eigenvalue weighted by Gasteiger charge is 2.31. The van der Waals surface area contributed by atoms with Crippen molar-refractivity contribution in [2.24, 2.45) is 0 Å². The summed E-state index contributed by atoms with van der Waals surface area (Å²) in [5, 5.41) is 1.27. The number of rotatable bonds is 5. The first kappa shape index (κ1) is 20.1. The molecule has 0 atom stereocenters. The van der Waals surface area contributed by atoms with Crippen LogP contribution in [-0.4, -0.2) is 16.9 Å². The minimum absolute atomic E-state index is 0.170. The second-order valence-electron chi connectivity index (χ2n) is 5.71. The molecule has 0 radical (unpaired) electrons. The number of alkyl halides is 3. The molecule has 0 saturated carbocycles. The highest BCUT2D eigenvalue weighted by Crippen LogP contribution is 2.34. The Morgan fingerprint density at radius 3 is 2.57 bits per heavy atom. The molecule has 4 nitrogen and oxygen atoms in total. The van der Waals surface area contributed by atoms with E-state index >= 15 is 0 Å². The summed E-state index contributed by atoms with van der Waals surface area (Å²) in [5.41, 5.74) is 1.03. The van der Waals surface area contributed by atoms with Crippen LogP contribution in [0.1, 0.15) is 5.56 Å². The fourth-order valence-electron chi connectivity index (χ4n) is 2.63. The summed E-state index contributed by atoms with van der Waals surface area (Å²) in [6.45, 7) is 3.53. The molecule has 1 aromatic heterocycles. The average molecular weight is 430 g/mol. The zero-order chi connectivity index (χ0) is 20.5. The molecule has 0 aliphatic carbocycles. The summed E-state index contributed by atoms with van der Waals surface area (Å²) in [7, 11) is 0. The number of nitrogens with zero attached hydrogens (tertiary/aromatic N) is 1. The SMILES string of the molecule is C=CC(=O)Oc1cn(Cc2ccc(Cl)cc2Cl)c2cc(OC(F)(F)F)ccc12. The van der Waals surface area contributed by atoms with E-state index in [0.29, 0.717) is 26.5 Å². The van der Waals surface area contributed by atoms with E-state index in [4.69, 9.17) is 27.9 Å². The van der Waals surface area contributed by atoms with Gasteiger partial charge in [0.1, 0.15) is 5.75 Å². The van der Waals surface area contributed by atoms with Gasteiger partial charge >= 0.3 is 12.3 Å². The Morgan fingerprint density at radius 1 is 1.18 bits per heavy atom. The van der Waals surface area contributed by atoms with E-state index in [9.17, 15) is 18.0 Å². The van der Waals surface area contributed by atoms with E-state index in [1.807, 2.05) is 0 Å². The Labute approximate surface area is 167 Å². The molecule has 2 aromatic carbocycles. The minimum atomic E-state index is -4.83. The number of ether oxygens (including phenoxy) is 2. The summed E-state index contributed by atoms with van der Waals surface area (Å²) < 4.78 is 48.5. The van der Waals surface area contributed by atoms with Crippen molar-refractivity contribution in [3.05, 3.63) is 70.9 Å². The van der Waals surface area contributed by atoms with E-state index in [0.717, 1.165) is 12.1 Å². The number of esters is 1. The van der Waals surface area contributed by atoms with Crippen molar-refractivity contribution in [3.63, 3.8) is 0 Å². The van der Waals surface area contributed by atoms with Crippen LogP contribution in [0.5, 0.6) is 11.5 Å². The third-order valence-corrected chi connectivity index (χ3v) is 4.37. The predicted octanol–water partition coefficient (Wildman–Crippen LogP) is 5.99. The molecule has 1 heterocycles. The minimum Gasteiger partial charge on any atom is -0.421 e. The molecule has 3 rings (SSSR count). The fraction of sp³-hybridized carbons (Fsp3) is 0.105. The molecule has 0 unspecified atom stereocenters. The molecule has 146 valence electrons. The topological polar surface area (TPSA) is 40.5 Å². The standard InChI is InChI=1S/C19H12Cl2F3NO3/c1-2-18(26)27-17-10-25(9-11-3-4-12(20)7-15(11)21)16-8-13(5-6-14(16)17)28-19(22,23)24/h2-8,10H,1,9H2. The van der Waals surface area contributed by atoms with Gasteiger partial charge in [-0.25, -0.2) is 4.79 Å². The van der Waals surface area contributed by atoms with Crippen LogP contribution in [-0.2, 0) is 11.3 Å². The first-order valence-electron chi connectivity index (χ1n) is 7.83. The normalized spacial score (nSPS) is 11.5. The zero-order valence-corrected chi connectivity index (χ0v) is 15.6. The maximum Gasteiger partial charge on any atom is 0.573 e. The van der Waals surface area contributed by atoms with Gasteiger partial charge in [0.05, 0.1) is 5.52 Å². The lowest BCUT2D eigenvalue weighted by Gasteiger charge is -2.11. The van der Waals surface area contributed by atoms with Crippen LogP contribution in [0.4, 0.5) is 13.2 Å². The molecule has 3 aromatic rings. The van der Waals surface area contributed by atoms with Crippen molar-refractivity contribution in [3.8, 4) is 11.5 Å². The van der Waals surface area contributed by atoms with Crippen LogP contribution >= 0.6 is 23.2 Å². The van der Waals surface area contributed by atoms with E-state index in [-0.39, 0.29) is 12.3 Å². The third-order valence-electron chi connectivity index (χ3n) is 3.78. The van der Waals surface area contributed by atoms with Gasteiger partial charge in [0.2, 0.25) is 0 Å². The van der Waals surface area contributed by atoms with Gasteiger partial charge in [-0.05, 0) is 29.8 Å². The van der Waals surface area contributed by atoms with Crippen LogP contribution in [0.3, 0.4) is 0 Å². The Kier molecular flexibility index (Phi) is 5.58. The molecule has 9 heteroatoms. The number of carbonyl (C=O) groups is 1. The number of fused-ring (bicyclic) bond motifs is 1. The van der Waals surface area contributed by atoms with Gasteiger partial charge in [-0.2, -0.15) is 0 Å². The summed E-state index contributed by atoms with van der Waals surface area (Å²) in [4.78, 5) is 11.6. The van der Waals surface area contributed by atoms with Crippen molar-refractivity contribution in [2.45, 2.75) is 12.9 Å². The lowest BCUT2D eigenvalue weighted by Crippen LogP contribution is -2.17. The number of aromatic nitrogens is 1. The van der Waals surface area contributed by atoms with Crippen LogP contribution in [0.2, 0.25) is 10.0 Å². The summed E-state index contributed by atoms with van der Waals surface area (Å²) in [6.07, 6.45) is -2.35. The Balaban J connectivity index is 2.08. The van der Waals surface area contributed by atoms with Crippen LogP contribution < -0.4 is 9.47 Å². The van der Waals surface area contributed by atoms with Gasteiger partial charge in [-0.3, -0.25) is 0 Å². The number of hydrogen-bond acceptors (Lipinski definition) is 3. The van der Waals surface area contributed by atoms with Gasteiger partial charge in [0.15, 0.2) is 5.75 Å². The molecule has 0 spiro atoms. The first-order chi connectivity index (χ1) is 13.2. The number of carbonyl (C=O) groups excluding carboxylic acids is 1. The van der Waals surface area contributed by atoms with E-state index in [1.165, 1.54) is 18.3 Å². The zero-order valence-electron chi connectivity index (χ0n) is 14.1. The van der Waals surface area contributed by atoms with Crippen molar-refractivity contribution in [1.29, 1.82) is 0 Å². The smallest absolute Gasteiger partial charge is 0.421 e. The monoisotopic (exact) mass is 429 g/mol. The summed E-state index contributed by atoms with van der Waals surface area (Å²) in [6, 6.07) is 8.62. The van der Waals surface area contributed by atoms with Gasteiger partial charge in [-0.1, -0.05) is 35.8 Å². The molecule has 0 N–H and O–H groups in total. The van der Waals surface area contributed by atoms with Gasteiger partial charge in [-0.15, -0.1) is 13.2 Å². The van der Waals surface area contributed by atoms with Crippen LogP contribution in [0.25, 0.3) is 10.9 Å². The molecule has 0 fully saturated rings. The number of benzene rings is 2. The van der Waals surface area contributed by atoms with E-state index in [1.54, 1.807) is 22.8 Å². The molecular formula is C19H12Cl2F3NO3. The second-order valence-corrected chi connectivity index (χ2v) is 6.55. The Morgan fingerprint density at radius 2 is 1.93 bits per heavy atom. The third kappa shape index (κ3) is 4.61. The molecule has 0 amide bonds. The molecule has 28 heavy (non-hydrogen) atoms.